The summed E-state index contributed by atoms with van der Waals surface area (Å²) in [5.41, 5.74) is 2.18. The minimum absolute atomic E-state index is 0.149. The lowest BCUT2D eigenvalue weighted by Crippen LogP contribution is -2.37. The van der Waals surface area contributed by atoms with Gasteiger partial charge in [0.05, 0.1) is 16.1 Å². The van der Waals surface area contributed by atoms with Gasteiger partial charge in [-0.25, -0.2) is 4.98 Å². The monoisotopic (exact) mass is 495 g/mol. The number of benzene rings is 2. The molecule has 0 spiro atoms. The van der Waals surface area contributed by atoms with Gasteiger partial charge in [0, 0.05) is 43.4 Å². The zero-order chi connectivity index (χ0) is 24.2. The average molecular weight is 496 g/mol. The van der Waals surface area contributed by atoms with E-state index < -0.39 is 0 Å². The van der Waals surface area contributed by atoms with E-state index in [4.69, 9.17) is 21.3 Å². The number of aromatic nitrogens is 2. The maximum atomic E-state index is 13.0. The van der Waals surface area contributed by atoms with Crippen LogP contribution in [-0.2, 0) is 0 Å². The maximum Gasteiger partial charge on any atom is 0.257 e. The molecule has 3 aromatic rings. The van der Waals surface area contributed by atoms with Crippen LogP contribution in [0.4, 0.5) is 5.95 Å². The van der Waals surface area contributed by atoms with Crippen LogP contribution >= 0.6 is 11.6 Å². The Morgan fingerprint density at radius 2 is 1.97 bits per heavy atom. The number of amides is 1. The number of fused-ring (bicyclic) bond motifs is 1. The Hall–Kier alpha value is -2.61. The molecule has 2 saturated heterocycles. The van der Waals surface area contributed by atoms with Gasteiger partial charge in [0.15, 0.2) is 0 Å². The third kappa shape index (κ3) is 5.47. The fraction of sp³-hybridized carbons (Fsp3) is 0.481. The van der Waals surface area contributed by atoms with Crippen LogP contribution in [0.2, 0.25) is 5.02 Å². The summed E-state index contributed by atoms with van der Waals surface area (Å²) in [5.74, 6) is 1.08. The molecule has 2 aliphatic rings. The molecule has 2 aliphatic heterocycles. The van der Waals surface area contributed by atoms with Gasteiger partial charge >= 0.3 is 0 Å². The highest BCUT2D eigenvalue weighted by Gasteiger charge is 2.25. The van der Waals surface area contributed by atoms with Crippen molar-refractivity contribution in [2.75, 3.05) is 38.0 Å². The summed E-state index contributed by atoms with van der Waals surface area (Å²) < 4.78 is 8.45. The Kier molecular flexibility index (Phi) is 7.56. The molecule has 1 unspecified atom stereocenters. The number of anilines is 1. The summed E-state index contributed by atoms with van der Waals surface area (Å²) in [4.78, 5) is 20.3. The molecule has 2 aromatic carbocycles. The molecule has 1 aromatic heterocycles. The van der Waals surface area contributed by atoms with Crippen LogP contribution in [-0.4, -0.2) is 59.2 Å². The van der Waals surface area contributed by atoms with Gasteiger partial charge < -0.3 is 19.5 Å². The predicted molar refractivity (Wildman–Crippen MR) is 141 cm³/mol. The van der Waals surface area contributed by atoms with E-state index in [1.54, 1.807) is 12.1 Å². The molecule has 3 heterocycles. The number of imidazole rings is 1. The second kappa shape index (κ2) is 11.0. The molecule has 35 heavy (non-hydrogen) atoms. The van der Waals surface area contributed by atoms with Crippen LogP contribution in [0.25, 0.3) is 11.0 Å². The van der Waals surface area contributed by atoms with Crippen LogP contribution < -0.4 is 15.4 Å². The number of carbonyl (C=O) groups is 1. The van der Waals surface area contributed by atoms with Gasteiger partial charge in [-0.2, -0.15) is 0 Å². The summed E-state index contributed by atoms with van der Waals surface area (Å²) in [6, 6.07) is 13.2. The molecule has 0 saturated carbocycles. The SMILES string of the molecule is CCN1CCC(Oc2cc(Cl)c3c(c2)nc(NC(=O)c2ccccc2)n3C2CCCCNC2)CC1. The molecule has 8 heteroatoms. The van der Waals surface area contributed by atoms with Crippen molar-refractivity contribution in [1.82, 2.24) is 19.8 Å². The Balaban J connectivity index is 1.47. The molecule has 2 fully saturated rings. The zero-order valence-electron chi connectivity index (χ0n) is 20.3. The van der Waals surface area contributed by atoms with Crippen molar-refractivity contribution in [3.8, 4) is 5.75 Å². The van der Waals surface area contributed by atoms with Crippen molar-refractivity contribution in [2.24, 2.45) is 0 Å². The molecule has 0 bridgehead atoms. The summed E-state index contributed by atoms with van der Waals surface area (Å²) >= 11 is 6.88. The van der Waals surface area contributed by atoms with Crippen LogP contribution in [0.15, 0.2) is 42.5 Å². The zero-order valence-corrected chi connectivity index (χ0v) is 21.1. The number of halogens is 1. The molecule has 5 rings (SSSR count). The van der Waals surface area contributed by atoms with E-state index in [9.17, 15) is 4.79 Å². The highest BCUT2D eigenvalue weighted by molar-refractivity contribution is 6.35. The standard InChI is InChI=1S/C27H34ClN5O2/c1-2-32-14-11-21(12-15-32)35-22-16-23(28)25-24(17-22)30-27(31-26(34)19-8-4-3-5-9-19)33(25)20-10-6-7-13-29-18-20/h3-5,8-9,16-17,20-21,29H,2,6-7,10-15,18H2,1H3,(H,30,31,34). The van der Waals surface area contributed by atoms with Crippen LogP contribution in [0.5, 0.6) is 5.75 Å². The Labute approximate surface area is 211 Å². The van der Waals surface area contributed by atoms with Crippen LogP contribution in [0.1, 0.15) is 55.4 Å². The van der Waals surface area contributed by atoms with Crippen molar-refractivity contribution in [1.29, 1.82) is 0 Å². The quantitative estimate of drug-likeness (QED) is 0.496. The number of piperidine rings is 1. The normalized spacial score (nSPS) is 20.0. The molecular weight excluding hydrogens is 462 g/mol. The van der Waals surface area contributed by atoms with Crippen molar-refractivity contribution >= 4 is 34.5 Å². The number of nitrogens with zero attached hydrogens (tertiary/aromatic N) is 3. The Bertz CT molecular complexity index is 1150. The van der Waals surface area contributed by atoms with E-state index >= 15 is 0 Å². The largest absolute Gasteiger partial charge is 0.490 e. The summed E-state index contributed by atoms with van der Waals surface area (Å²) in [5, 5.41) is 7.17. The van der Waals surface area contributed by atoms with E-state index in [2.05, 4.69) is 27.0 Å². The highest BCUT2D eigenvalue weighted by atomic mass is 35.5. The van der Waals surface area contributed by atoms with Crippen molar-refractivity contribution < 1.29 is 9.53 Å². The van der Waals surface area contributed by atoms with Crippen molar-refractivity contribution in [3.05, 3.63) is 53.1 Å². The topological polar surface area (TPSA) is 71.4 Å². The van der Waals surface area contributed by atoms with E-state index in [0.717, 1.165) is 81.6 Å². The molecule has 1 atom stereocenters. The number of hydrogen-bond donors (Lipinski definition) is 2. The van der Waals surface area contributed by atoms with E-state index in [1.807, 2.05) is 30.3 Å². The highest BCUT2D eigenvalue weighted by Crippen LogP contribution is 2.36. The minimum atomic E-state index is -0.181. The number of likely N-dealkylation sites (tertiary alicyclic amines) is 1. The summed E-state index contributed by atoms with van der Waals surface area (Å²) in [6.45, 7) is 7.19. The van der Waals surface area contributed by atoms with E-state index in [0.29, 0.717) is 16.5 Å². The smallest absolute Gasteiger partial charge is 0.257 e. The van der Waals surface area contributed by atoms with E-state index in [1.165, 1.54) is 0 Å². The number of nitrogens with one attached hydrogen (secondary N) is 2. The third-order valence-corrected chi connectivity index (χ3v) is 7.43. The predicted octanol–water partition coefficient (Wildman–Crippen LogP) is 5.12. The van der Waals surface area contributed by atoms with Gasteiger partial charge in [-0.05, 0) is 50.9 Å². The Morgan fingerprint density at radius 1 is 1.17 bits per heavy atom. The van der Waals surface area contributed by atoms with Crippen LogP contribution in [0, 0.1) is 0 Å². The van der Waals surface area contributed by atoms with Crippen molar-refractivity contribution in [2.45, 2.75) is 51.2 Å². The molecule has 0 aliphatic carbocycles. The van der Waals surface area contributed by atoms with Gasteiger partial charge in [-0.3, -0.25) is 10.1 Å². The number of hydrogen-bond acceptors (Lipinski definition) is 5. The average Bonchev–Trinajstić information content (AvgIpc) is 3.04. The first-order valence-corrected chi connectivity index (χ1v) is 13.2. The van der Waals surface area contributed by atoms with Gasteiger partial charge in [0.2, 0.25) is 5.95 Å². The fourth-order valence-corrected chi connectivity index (χ4v) is 5.49. The molecule has 0 radical (unpaired) electrons. The second-order valence-corrected chi connectivity index (χ2v) is 9.91. The first-order chi connectivity index (χ1) is 17.1. The fourth-order valence-electron chi connectivity index (χ4n) is 5.19. The Morgan fingerprint density at radius 3 is 2.74 bits per heavy atom. The molecule has 2 N–H and O–H groups in total. The van der Waals surface area contributed by atoms with Gasteiger partial charge in [-0.1, -0.05) is 43.1 Å². The lowest BCUT2D eigenvalue weighted by molar-refractivity contribution is 0.102. The summed E-state index contributed by atoms with van der Waals surface area (Å²) in [7, 11) is 0. The molecular formula is C27H34ClN5O2. The third-order valence-electron chi connectivity index (χ3n) is 7.14. The minimum Gasteiger partial charge on any atom is -0.490 e. The number of ether oxygens (including phenoxy) is 1. The summed E-state index contributed by atoms with van der Waals surface area (Å²) in [6.07, 6.45) is 5.43. The van der Waals surface area contributed by atoms with Gasteiger partial charge in [-0.15, -0.1) is 0 Å². The van der Waals surface area contributed by atoms with Crippen molar-refractivity contribution in [3.63, 3.8) is 0 Å². The molecule has 1 amide bonds. The maximum absolute atomic E-state index is 13.0. The lowest BCUT2D eigenvalue weighted by Gasteiger charge is -2.31. The first kappa shape index (κ1) is 24.1. The lowest BCUT2D eigenvalue weighted by atomic mass is 10.1. The van der Waals surface area contributed by atoms with E-state index in [-0.39, 0.29) is 18.1 Å². The van der Waals surface area contributed by atoms with Crippen LogP contribution in [0.3, 0.4) is 0 Å². The first-order valence-electron chi connectivity index (χ1n) is 12.8. The molecule has 7 nitrogen and oxygen atoms in total. The molecule has 186 valence electrons. The number of carbonyl (C=O) groups excluding carboxylic acids is 1. The van der Waals surface area contributed by atoms with Gasteiger partial charge in [0.1, 0.15) is 11.9 Å². The second-order valence-electron chi connectivity index (χ2n) is 9.50. The number of rotatable bonds is 6. The van der Waals surface area contributed by atoms with Gasteiger partial charge in [0.25, 0.3) is 5.91 Å².